The number of ether oxygens (including phenoxy) is 1. The van der Waals surface area contributed by atoms with E-state index in [1.54, 1.807) is 18.2 Å². The third kappa shape index (κ3) is 3.36. The van der Waals surface area contributed by atoms with Crippen LogP contribution in [0, 0.1) is 11.3 Å². The molecule has 1 aromatic carbocycles. The van der Waals surface area contributed by atoms with Crippen LogP contribution < -0.4 is 10.1 Å². The Kier molecular flexibility index (Phi) is 4.80. The number of nitrogens with one attached hydrogen (secondary N) is 1. The molecule has 0 fully saturated rings. The van der Waals surface area contributed by atoms with Crippen molar-refractivity contribution in [1.82, 2.24) is 5.32 Å². The van der Waals surface area contributed by atoms with Crippen LogP contribution in [0.25, 0.3) is 0 Å². The lowest BCUT2D eigenvalue weighted by Crippen LogP contribution is -2.33. The molecule has 0 aliphatic heterocycles. The summed E-state index contributed by atoms with van der Waals surface area (Å²) >= 11 is 5.80. The summed E-state index contributed by atoms with van der Waals surface area (Å²) < 4.78 is 5.07. The number of methoxy groups -OCH3 is 1. The minimum absolute atomic E-state index is 0.341. The molecule has 0 aliphatic rings. The third-order valence-electron chi connectivity index (χ3n) is 2.28. The van der Waals surface area contributed by atoms with Crippen molar-refractivity contribution in [3.63, 3.8) is 0 Å². The van der Waals surface area contributed by atoms with E-state index in [2.05, 4.69) is 5.32 Å². The average Bonchev–Trinajstić information content (AvgIpc) is 2.35. The van der Waals surface area contributed by atoms with Crippen molar-refractivity contribution in [3.05, 3.63) is 28.8 Å². The first kappa shape index (κ1) is 13.3. The molecular weight excluding hydrogens is 240 g/mol. The van der Waals surface area contributed by atoms with Gasteiger partial charge in [0.05, 0.1) is 18.7 Å². The van der Waals surface area contributed by atoms with Crippen LogP contribution in [0.15, 0.2) is 18.2 Å². The zero-order valence-electron chi connectivity index (χ0n) is 9.66. The largest absolute Gasteiger partial charge is 0.496 e. The van der Waals surface area contributed by atoms with Gasteiger partial charge >= 0.3 is 0 Å². The Morgan fingerprint density at radius 1 is 1.65 bits per heavy atom. The molecular formula is C12H13ClN2O2. The van der Waals surface area contributed by atoms with Crippen LogP contribution in [-0.4, -0.2) is 19.1 Å². The van der Waals surface area contributed by atoms with Gasteiger partial charge in [-0.3, -0.25) is 4.79 Å². The molecule has 1 aromatic rings. The molecule has 0 radical (unpaired) electrons. The summed E-state index contributed by atoms with van der Waals surface area (Å²) in [5.41, 5.74) is 0.366. The van der Waals surface area contributed by atoms with Gasteiger partial charge in [-0.25, -0.2) is 0 Å². The van der Waals surface area contributed by atoms with Crippen molar-refractivity contribution < 1.29 is 9.53 Å². The summed E-state index contributed by atoms with van der Waals surface area (Å²) in [6, 6.07) is 6.24. The number of nitriles is 1. The van der Waals surface area contributed by atoms with Crippen LogP contribution in [0.4, 0.5) is 0 Å². The van der Waals surface area contributed by atoms with E-state index < -0.39 is 6.04 Å². The van der Waals surface area contributed by atoms with E-state index in [4.69, 9.17) is 21.6 Å². The standard InChI is InChI=1S/C12H13ClN2O2/c1-3-9(7-14)15-12(16)10-5-4-8(13)6-11(10)17-2/h4-6,9H,3H2,1-2H3,(H,15,16). The first-order valence-corrected chi connectivity index (χ1v) is 5.54. The van der Waals surface area contributed by atoms with Crippen LogP contribution in [0.1, 0.15) is 23.7 Å². The smallest absolute Gasteiger partial charge is 0.256 e. The molecule has 17 heavy (non-hydrogen) atoms. The van der Waals surface area contributed by atoms with Gasteiger partial charge in [0, 0.05) is 5.02 Å². The number of benzene rings is 1. The van der Waals surface area contributed by atoms with Gasteiger partial charge in [0.15, 0.2) is 0 Å². The number of halogens is 1. The molecule has 90 valence electrons. The number of hydrogen-bond donors (Lipinski definition) is 1. The maximum Gasteiger partial charge on any atom is 0.256 e. The van der Waals surface area contributed by atoms with Gasteiger partial charge in [0.25, 0.3) is 5.91 Å². The number of amides is 1. The normalized spacial score (nSPS) is 11.4. The molecule has 4 nitrogen and oxygen atoms in total. The second-order valence-electron chi connectivity index (χ2n) is 3.41. The quantitative estimate of drug-likeness (QED) is 0.895. The van der Waals surface area contributed by atoms with Crippen molar-refractivity contribution in [2.75, 3.05) is 7.11 Å². The highest BCUT2D eigenvalue weighted by Gasteiger charge is 2.15. The average molecular weight is 253 g/mol. The molecule has 1 N–H and O–H groups in total. The molecule has 1 unspecified atom stereocenters. The third-order valence-corrected chi connectivity index (χ3v) is 2.51. The van der Waals surface area contributed by atoms with Crippen LogP contribution in [0.2, 0.25) is 5.02 Å². The van der Waals surface area contributed by atoms with Crippen LogP contribution in [0.3, 0.4) is 0 Å². The Labute approximate surface area is 105 Å². The van der Waals surface area contributed by atoms with Crippen molar-refractivity contribution in [2.45, 2.75) is 19.4 Å². The first-order chi connectivity index (χ1) is 8.12. The summed E-state index contributed by atoms with van der Waals surface area (Å²) in [5, 5.41) is 11.9. The van der Waals surface area contributed by atoms with Crippen LogP contribution in [-0.2, 0) is 0 Å². The van der Waals surface area contributed by atoms with E-state index >= 15 is 0 Å². The van der Waals surface area contributed by atoms with E-state index in [1.165, 1.54) is 7.11 Å². The molecule has 5 heteroatoms. The second-order valence-corrected chi connectivity index (χ2v) is 3.84. The molecule has 0 saturated heterocycles. The van der Waals surface area contributed by atoms with Crippen LogP contribution >= 0.6 is 11.6 Å². The highest BCUT2D eigenvalue weighted by atomic mass is 35.5. The van der Waals surface area contributed by atoms with Crippen molar-refractivity contribution in [3.8, 4) is 11.8 Å². The summed E-state index contributed by atoms with van der Waals surface area (Å²) in [4.78, 5) is 11.9. The fourth-order valence-corrected chi connectivity index (χ4v) is 1.48. The lowest BCUT2D eigenvalue weighted by molar-refractivity contribution is 0.0941. The number of carbonyl (C=O) groups excluding carboxylic acids is 1. The molecule has 0 aliphatic carbocycles. The maximum absolute atomic E-state index is 11.9. The zero-order valence-corrected chi connectivity index (χ0v) is 10.4. The Hall–Kier alpha value is -1.73. The number of rotatable bonds is 4. The molecule has 1 amide bonds. The fraction of sp³-hybridized carbons (Fsp3) is 0.333. The van der Waals surface area contributed by atoms with Gasteiger partial charge in [-0.2, -0.15) is 5.26 Å². The number of hydrogen-bond acceptors (Lipinski definition) is 3. The summed E-state index contributed by atoms with van der Waals surface area (Å²) in [7, 11) is 1.46. The second kappa shape index (κ2) is 6.12. The van der Waals surface area contributed by atoms with Gasteiger partial charge in [0.2, 0.25) is 0 Å². The van der Waals surface area contributed by atoms with Gasteiger partial charge in [0.1, 0.15) is 11.8 Å². The predicted molar refractivity (Wildman–Crippen MR) is 65.2 cm³/mol. The van der Waals surface area contributed by atoms with Crippen LogP contribution in [0.5, 0.6) is 5.75 Å². The van der Waals surface area contributed by atoms with E-state index in [1.807, 2.05) is 13.0 Å². The van der Waals surface area contributed by atoms with E-state index in [-0.39, 0.29) is 5.91 Å². The monoisotopic (exact) mass is 252 g/mol. The molecule has 0 aromatic heterocycles. The van der Waals surface area contributed by atoms with Gasteiger partial charge in [-0.15, -0.1) is 0 Å². The molecule has 0 saturated carbocycles. The summed E-state index contributed by atoms with van der Waals surface area (Å²) in [6.45, 7) is 1.83. The summed E-state index contributed by atoms with van der Waals surface area (Å²) in [5.74, 6) is 0.0507. The minimum atomic E-state index is -0.497. The van der Waals surface area contributed by atoms with Crippen molar-refractivity contribution in [2.24, 2.45) is 0 Å². The van der Waals surface area contributed by atoms with Gasteiger partial charge < -0.3 is 10.1 Å². The van der Waals surface area contributed by atoms with E-state index in [0.717, 1.165) is 0 Å². The zero-order chi connectivity index (χ0) is 12.8. The SMILES string of the molecule is CCC(C#N)NC(=O)c1ccc(Cl)cc1OC. The maximum atomic E-state index is 11.9. The lowest BCUT2D eigenvalue weighted by Gasteiger charge is -2.12. The molecule has 0 bridgehead atoms. The molecule has 1 rings (SSSR count). The molecule has 0 spiro atoms. The number of nitrogens with zero attached hydrogens (tertiary/aromatic N) is 1. The van der Waals surface area contributed by atoms with Gasteiger partial charge in [-0.05, 0) is 24.6 Å². The summed E-state index contributed by atoms with van der Waals surface area (Å²) in [6.07, 6.45) is 0.554. The predicted octanol–water partition coefficient (Wildman–Crippen LogP) is 2.38. The fourth-order valence-electron chi connectivity index (χ4n) is 1.31. The van der Waals surface area contributed by atoms with E-state index in [0.29, 0.717) is 22.8 Å². The highest BCUT2D eigenvalue weighted by molar-refractivity contribution is 6.30. The number of carbonyl (C=O) groups is 1. The Balaban J connectivity index is 2.93. The van der Waals surface area contributed by atoms with Crippen molar-refractivity contribution in [1.29, 1.82) is 5.26 Å². The van der Waals surface area contributed by atoms with Gasteiger partial charge in [-0.1, -0.05) is 18.5 Å². The highest BCUT2D eigenvalue weighted by Crippen LogP contribution is 2.23. The Morgan fingerprint density at radius 3 is 2.88 bits per heavy atom. The Bertz CT molecular complexity index is 454. The molecule has 0 heterocycles. The molecule has 1 atom stereocenters. The topological polar surface area (TPSA) is 62.1 Å². The lowest BCUT2D eigenvalue weighted by atomic mass is 10.1. The first-order valence-electron chi connectivity index (χ1n) is 5.16. The minimum Gasteiger partial charge on any atom is -0.496 e. The van der Waals surface area contributed by atoms with Crippen molar-refractivity contribution >= 4 is 17.5 Å². The Morgan fingerprint density at radius 2 is 2.35 bits per heavy atom. The van der Waals surface area contributed by atoms with E-state index in [9.17, 15) is 4.79 Å².